The molecule has 7 heteroatoms. The molecule has 1 aromatic heterocycles. The number of benzene rings is 1. The largest absolute Gasteiger partial charge is 0.495 e. The van der Waals surface area contributed by atoms with Gasteiger partial charge in [-0.25, -0.2) is 0 Å². The zero-order valence-electron chi connectivity index (χ0n) is 12.0. The van der Waals surface area contributed by atoms with E-state index >= 15 is 0 Å². The summed E-state index contributed by atoms with van der Waals surface area (Å²) in [5, 5.41) is 15.2. The Hall–Kier alpha value is -2.18. The van der Waals surface area contributed by atoms with E-state index in [-0.39, 0.29) is 17.5 Å². The molecule has 22 heavy (non-hydrogen) atoms. The normalized spacial score (nSPS) is 11.8. The first-order valence-corrected chi connectivity index (χ1v) is 7.18. The third kappa shape index (κ3) is 4.16. The minimum Gasteiger partial charge on any atom is -0.495 e. The molecule has 2 aromatic rings. The average Bonchev–Trinajstić information content (AvgIpc) is 3.07. The molecule has 1 amide bonds. The molecule has 1 unspecified atom stereocenters. The van der Waals surface area contributed by atoms with Crippen molar-refractivity contribution in [2.75, 3.05) is 30.2 Å². The maximum Gasteiger partial charge on any atom is 0.291 e. The highest BCUT2D eigenvalue weighted by molar-refractivity contribution is 6.18. The Morgan fingerprint density at radius 2 is 2.27 bits per heavy atom. The monoisotopic (exact) mass is 324 g/mol. The lowest BCUT2D eigenvalue weighted by atomic mass is 10.2. The summed E-state index contributed by atoms with van der Waals surface area (Å²) >= 11 is 5.55. The summed E-state index contributed by atoms with van der Waals surface area (Å²) in [7, 11) is 1.52. The number of carbonyl (C=O) groups is 1. The third-order valence-corrected chi connectivity index (χ3v) is 3.27. The van der Waals surface area contributed by atoms with E-state index in [1.807, 2.05) is 0 Å². The molecule has 6 nitrogen and oxygen atoms in total. The number of furan rings is 1. The first-order valence-electron chi connectivity index (χ1n) is 6.65. The number of rotatable bonds is 7. The highest BCUT2D eigenvalue weighted by atomic mass is 35.5. The molecule has 0 radical (unpaired) electrons. The number of methoxy groups -OCH3 is 1. The van der Waals surface area contributed by atoms with E-state index in [2.05, 4.69) is 10.6 Å². The van der Waals surface area contributed by atoms with Crippen molar-refractivity contribution in [2.24, 2.45) is 0 Å². The zero-order chi connectivity index (χ0) is 15.9. The molecule has 1 aromatic carbocycles. The summed E-state index contributed by atoms with van der Waals surface area (Å²) in [5.74, 6) is 0.494. The van der Waals surface area contributed by atoms with Crippen LogP contribution in [0.1, 0.15) is 10.6 Å². The van der Waals surface area contributed by atoms with Crippen molar-refractivity contribution >= 4 is 28.9 Å². The predicted octanol–water partition coefficient (Wildman–Crippen LogP) is 2.55. The second kappa shape index (κ2) is 7.72. The number of aliphatic hydroxyl groups excluding tert-OH is 1. The van der Waals surface area contributed by atoms with Crippen LogP contribution in [0.15, 0.2) is 41.0 Å². The topological polar surface area (TPSA) is 83.7 Å². The van der Waals surface area contributed by atoms with Crippen LogP contribution < -0.4 is 15.4 Å². The lowest BCUT2D eigenvalue weighted by molar-refractivity contribution is 0.0996. The van der Waals surface area contributed by atoms with Crippen LogP contribution in [-0.2, 0) is 0 Å². The van der Waals surface area contributed by atoms with Crippen LogP contribution in [0, 0.1) is 0 Å². The SMILES string of the molecule is COc1ccc(NCC(O)CCl)cc1NC(=O)c1ccco1. The molecule has 0 aliphatic carbocycles. The van der Waals surface area contributed by atoms with Gasteiger partial charge in [-0.1, -0.05) is 0 Å². The second-order valence-electron chi connectivity index (χ2n) is 4.54. The molecule has 0 saturated heterocycles. The summed E-state index contributed by atoms with van der Waals surface area (Å²) < 4.78 is 10.3. The lowest BCUT2D eigenvalue weighted by Gasteiger charge is -2.14. The highest BCUT2D eigenvalue weighted by Crippen LogP contribution is 2.28. The summed E-state index contributed by atoms with van der Waals surface area (Å²) in [6, 6.07) is 8.41. The third-order valence-electron chi connectivity index (χ3n) is 2.91. The van der Waals surface area contributed by atoms with Gasteiger partial charge in [0.15, 0.2) is 5.76 Å². The van der Waals surface area contributed by atoms with Crippen LogP contribution in [0.3, 0.4) is 0 Å². The summed E-state index contributed by atoms with van der Waals surface area (Å²) in [5.41, 5.74) is 1.22. The van der Waals surface area contributed by atoms with Crippen LogP contribution in [-0.4, -0.2) is 36.7 Å². The number of anilines is 2. The number of amides is 1. The fourth-order valence-electron chi connectivity index (χ4n) is 1.80. The van der Waals surface area contributed by atoms with Crippen molar-refractivity contribution in [1.29, 1.82) is 0 Å². The van der Waals surface area contributed by atoms with Crippen molar-refractivity contribution in [3.05, 3.63) is 42.4 Å². The Morgan fingerprint density at radius 3 is 2.91 bits per heavy atom. The number of halogens is 1. The Morgan fingerprint density at radius 1 is 1.45 bits per heavy atom. The molecule has 1 atom stereocenters. The average molecular weight is 325 g/mol. The molecule has 0 spiro atoms. The molecule has 0 saturated carbocycles. The van der Waals surface area contributed by atoms with Gasteiger partial charge < -0.3 is 24.9 Å². The van der Waals surface area contributed by atoms with Crippen molar-refractivity contribution in [1.82, 2.24) is 0 Å². The van der Waals surface area contributed by atoms with Gasteiger partial charge in [-0.3, -0.25) is 4.79 Å². The number of ether oxygens (including phenoxy) is 1. The van der Waals surface area contributed by atoms with E-state index in [1.165, 1.54) is 13.4 Å². The van der Waals surface area contributed by atoms with Gasteiger partial charge in [0.25, 0.3) is 5.91 Å². The van der Waals surface area contributed by atoms with Gasteiger partial charge in [0, 0.05) is 12.2 Å². The predicted molar refractivity (Wildman–Crippen MR) is 84.9 cm³/mol. The Balaban J connectivity index is 2.12. The van der Waals surface area contributed by atoms with Gasteiger partial charge in [0.2, 0.25) is 0 Å². The number of hydrogen-bond acceptors (Lipinski definition) is 5. The quantitative estimate of drug-likeness (QED) is 0.682. The van der Waals surface area contributed by atoms with Crippen LogP contribution in [0.5, 0.6) is 5.75 Å². The van der Waals surface area contributed by atoms with E-state index in [4.69, 9.17) is 20.8 Å². The zero-order valence-corrected chi connectivity index (χ0v) is 12.8. The van der Waals surface area contributed by atoms with Crippen LogP contribution in [0.2, 0.25) is 0 Å². The minimum atomic E-state index is -0.648. The van der Waals surface area contributed by atoms with Crippen LogP contribution in [0.25, 0.3) is 0 Å². The molecule has 118 valence electrons. The van der Waals surface area contributed by atoms with Crippen molar-refractivity contribution in [2.45, 2.75) is 6.10 Å². The smallest absolute Gasteiger partial charge is 0.291 e. The van der Waals surface area contributed by atoms with Crippen molar-refractivity contribution in [3.63, 3.8) is 0 Å². The van der Waals surface area contributed by atoms with E-state index in [0.29, 0.717) is 18.0 Å². The first-order chi connectivity index (χ1) is 10.6. The first kappa shape index (κ1) is 16.2. The van der Waals surface area contributed by atoms with Gasteiger partial charge in [-0.05, 0) is 30.3 Å². The summed E-state index contributed by atoms with van der Waals surface area (Å²) in [6.45, 7) is 0.307. The van der Waals surface area contributed by atoms with Crippen LogP contribution >= 0.6 is 11.6 Å². The molecule has 3 N–H and O–H groups in total. The van der Waals surface area contributed by atoms with Gasteiger partial charge >= 0.3 is 0 Å². The van der Waals surface area contributed by atoms with E-state index in [0.717, 1.165) is 5.69 Å². The van der Waals surface area contributed by atoms with Gasteiger partial charge in [-0.2, -0.15) is 0 Å². The van der Waals surface area contributed by atoms with Gasteiger partial charge in [0.05, 0.1) is 31.0 Å². The summed E-state index contributed by atoms with van der Waals surface area (Å²) in [4.78, 5) is 12.0. The maximum absolute atomic E-state index is 12.0. The lowest BCUT2D eigenvalue weighted by Crippen LogP contribution is -2.20. The fourth-order valence-corrected chi connectivity index (χ4v) is 1.91. The minimum absolute atomic E-state index is 0.144. The molecule has 1 heterocycles. The second-order valence-corrected chi connectivity index (χ2v) is 4.84. The molecule has 0 aliphatic heterocycles. The van der Waals surface area contributed by atoms with Crippen LogP contribution in [0.4, 0.5) is 11.4 Å². The molecule has 0 fully saturated rings. The Bertz CT molecular complexity index is 616. The number of hydrogen-bond donors (Lipinski definition) is 3. The number of nitrogens with one attached hydrogen (secondary N) is 2. The Kier molecular flexibility index (Phi) is 5.68. The van der Waals surface area contributed by atoms with E-state index in [9.17, 15) is 9.90 Å². The van der Waals surface area contributed by atoms with E-state index in [1.54, 1.807) is 30.3 Å². The molecule has 2 rings (SSSR count). The standard InChI is InChI=1S/C15H17ClN2O4/c1-21-13-5-4-10(17-9-11(19)8-16)7-12(13)18-15(20)14-3-2-6-22-14/h2-7,11,17,19H,8-9H2,1H3,(H,18,20). The number of carbonyl (C=O) groups excluding carboxylic acids is 1. The van der Waals surface area contributed by atoms with Crippen molar-refractivity contribution < 1.29 is 19.1 Å². The number of aliphatic hydroxyl groups is 1. The molecule has 0 aliphatic rings. The summed E-state index contributed by atoms with van der Waals surface area (Å²) in [6.07, 6.45) is 0.780. The highest BCUT2D eigenvalue weighted by Gasteiger charge is 2.13. The van der Waals surface area contributed by atoms with Gasteiger partial charge in [0.1, 0.15) is 5.75 Å². The molecule has 0 bridgehead atoms. The van der Waals surface area contributed by atoms with E-state index < -0.39 is 6.10 Å². The Labute approximate surface area is 133 Å². The fraction of sp³-hybridized carbons (Fsp3) is 0.267. The molecular formula is C15H17ClN2O4. The molecular weight excluding hydrogens is 308 g/mol. The number of alkyl halides is 1. The van der Waals surface area contributed by atoms with Crippen molar-refractivity contribution in [3.8, 4) is 5.75 Å². The van der Waals surface area contributed by atoms with Gasteiger partial charge in [-0.15, -0.1) is 11.6 Å². The maximum atomic E-state index is 12.0.